The number of ether oxygens (including phenoxy) is 1. The topological polar surface area (TPSA) is 26.3 Å². The van der Waals surface area contributed by atoms with Crippen LogP contribution in [0.15, 0.2) is 28.7 Å². The molecular weight excluding hydrogens is 348 g/mol. The van der Waals surface area contributed by atoms with Crippen LogP contribution in [0.3, 0.4) is 0 Å². The third-order valence-electron chi connectivity index (χ3n) is 2.36. The SMILES string of the molecule is O=C(CBr)CCCCOCc1ccccc1Br. The number of alkyl halides is 1. The highest BCUT2D eigenvalue weighted by atomic mass is 79.9. The summed E-state index contributed by atoms with van der Waals surface area (Å²) >= 11 is 6.63. The molecule has 0 unspecified atom stereocenters. The zero-order chi connectivity index (χ0) is 12.5. The van der Waals surface area contributed by atoms with E-state index in [0.29, 0.717) is 25.0 Å². The third kappa shape index (κ3) is 6.34. The zero-order valence-corrected chi connectivity index (χ0v) is 12.8. The Morgan fingerprint density at radius 3 is 2.71 bits per heavy atom. The Labute approximate surface area is 119 Å². The van der Waals surface area contributed by atoms with E-state index in [1.54, 1.807) is 0 Å². The van der Waals surface area contributed by atoms with Gasteiger partial charge in [0.1, 0.15) is 5.78 Å². The fourth-order valence-corrected chi connectivity index (χ4v) is 2.07. The first-order chi connectivity index (χ1) is 8.24. The molecule has 0 aromatic heterocycles. The van der Waals surface area contributed by atoms with E-state index >= 15 is 0 Å². The maximum Gasteiger partial charge on any atom is 0.143 e. The van der Waals surface area contributed by atoms with Gasteiger partial charge in [0.25, 0.3) is 0 Å². The molecule has 0 aliphatic rings. The van der Waals surface area contributed by atoms with Crippen LogP contribution in [0.4, 0.5) is 0 Å². The summed E-state index contributed by atoms with van der Waals surface area (Å²) in [5, 5.41) is 0.463. The van der Waals surface area contributed by atoms with Gasteiger partial charge in [-0.25, -0.2) is 0 Å². The molecule has 0 saturated heterocycles. The third-order valence-corrected chi connectivity index (χ3v) is 3.76. The summed E-state index contributed by atoms with van der Waals surface area (Å²) in [4.78, 5) is 11.0. The molecule has 0 fully saturated rings. The summed E-state index contributed by atoms with van der Waals surface area (Å²) in [6.07, 6.45) is 2.48. The summed E-state index contributed by atoms with van der Waals surface area (Å²) in [5.74, 6) is 0.260. The van der Waals surface area contributed by atoms with Crippen LogP contribution in [0.1, 0.15) is 24.8 Å². The normalized spacial score (nSPS) is 10.5. The minimum absolute atomic E-state index is 0.260. The Bertz CT molecular complexity index is 353. The number of hydrogen-bond donors (Lipinski definition) is 0. The summed E-state index contributed by atoms with van der Waals surface area (Å²) in [6, 6.07) is 8.03. The molecule has 0 radical (unpaired) electrons. The predicted octanol–water partition coefficient (Wildman–Crippen LogP) is 4.10. The smallest absolute Gasteiger partial charge is 0.143 e. The van der Waals surface area contributed by atoms with Gasteiger partial charge in [0, 0.05) is 17.5 Å². The van der Waals surface area contributed by atoms with Gasteiger partial charge in [-0.1, -0.05) is 50.1 Å². The zero-order valence-electron chi connectivity index (χ0n) is 9.62. The van der Waals surface area contributed by atoms with Crippen LogP contribution >= 0.6 is 31.9 Å². The average Bonchev–Trinajstić information content (AvgIpc) is 2.35. The van der Waals surface area contributed by atoms with Gasteiger partial charge in [-0.15, -0.1) is 0 Å². The van der Waals surface area contributed by atoms with Gasteiger partial charge in [0.15, 0.2) is 0 Å². The fourth-order valence-electron chi connectivity index (χ4n) is 1.39. The molecule has 0 aliphatic carbocycles. The highest BCUT2D eigenvalue weighted by Crippen LogP contribution is 2.16. The van der Waals surface area contributed by atoms with Crippen molar-refractivity contribution in [3.63, 3.8) is 0 Å². The number of rotatable bonds is 8. The predicted molar refractivity (Wildman–Crippen MR) is 76.5 cm³/mol. The van der Waals surface area contributed by atoms with Crippen molar-refractivity contribution in [1.29, 1.82) is 0 Å². The first kappa shape index (κ1) is 14.9. The Kier molecular flexibility index (Phi) is 7.73. The minimum Gasteiger partial charge on any atom is -0.377 e. The molecule has 2 nitrogen and oxygen atoms in total. The monoisotopic (exact) mass is 362 g/mol. The van der Waals surface area contributed by atoms with E-state index in [2.05, 4.69) is 31.9 Å². The Balaban J connectivity index is 2.09. The molecule has 94 valence electrons. The summed E-state index contributed by atoms with van der Waals surface area (Å²) < 4.78 is 6.64. The van der Waals surface area contributed by atoms with E-state index < -0.39 is 0 Å². The van der Waals surface area contributed by atoms with Gasteiger partial charge in [0.05, 0.1) is 11.9 Å². The van der Waals surface area contributed by atoms with Crippen LogP contribution < -0.4 is 0 Å². The standard InChI is InChI=1S/C13H16Br2O2/c14-9-12(16)6-3-4-8-17-10-11-5-1-2-7-13(11)15/h1-2,5,7H,3-4,6,8-10H2. The maximum atomic E-state index is 11.0. The number of unbranched alkanes of at least 4 members (excludes halogenated alkanes) is 1. The van der Waals surface area contributed by atoms with Crippen LogP contribution in [0, 0.1) is 0 Å². The molecule has 4 heteroatoms. The summed E-state index contributed by atoms with van der Waals surface area (Å²) in [6.45, 7) is 1.32. The molecule has 1 rings (SSSR count). The van der Waals surface area contributed by atoms with E-state index in [-0.39, 0.29) is 5.78 Å². The molecule has 0 amide bonds. The lowest BCUT2D eigenvalue weighted by molar-refractivity contribution is -0.116. The van der Waals surface area contributed by atoms with Crippen molar-refractivity contribution in [2.24, 2.45) is 0 Å². The Morgan fingerprint density at radius 1 is 1.24 bits per heavy atom. The molecule has 0 N–H and O–H groups in total. The number of halogens is 2. The molecule has 0 bridgehead atoms. The van der Waals surface area contributed by atoms with Crippen LogP contribution in [-0.2, 0) is 16.1 Å². The van der Waals surface area contributed by atoms with Gasteiger partial charge in [-0.3, -0.25) is 4.79 Å². The van der Waals surface area contributed by atoms with E-state index in [0.717, 1.165) is 22.9 Å². The number of ketones is 1. The number of hydrogen-bond acceptors (Lipinski definition) is 2. The second kappa shape index (κ2) is 8.84. The van der Waals surface area contributed by atoms with Crippen molar-refractivity contribution in [2.75, 3.05) is 11.9 Å². The molecule has 0 heterocycles. The lowest BCUT2D eigenvalue weighted by atomic mass is 10.2. The first-order valence-corrected chi connectivity index (χ1v) is 7.54. The average molecular weight is 364 g/mol. The van der Waals surface area contributed by atoms with Crippen LogP contribution in [0.2, 0.25) is 0 Å². The van der Waals surface area contributed by atoms with E-state index in [1.807, 2.05) is 24.3 Å². The Hall–Kier alpha value is -0.190. The lowest BCUT2D eigenvalue weighted by Crippen LogP contribution is -2.01. The van der Waals surface area contributed by atoms with Gasteiger partial charge >= 0.3 is 0 Å². The Morgan fingerprint density at radius 2 is 2.00 bits per heavy atom. The van der Waals surface area contributed by atoms with Crippen LogP contribution in [0.5, 0.6) is 0 Å². The highest BCUT2D eigenvalue weighted by Gasteiger charge is 2.00. The number of carbonyl (C=O) groups is 1. The summed E-state index contributed by atoms with van der Waals surface area (Å²) in [7, 11) is 0. The van der Waals surface area contributed by atoms with Gasteiger partial charge < -0.3 is 4.74 Å². The van der Waals surface area contributed by atoms with E-state index in [9.17, 15) is 4.79 Å². The number of Topliss-reactive ketones (excluding diaryl/α,β-unsaturated/α-hetero) is 1. The number of benzene rings is 1. The molecule has 0 atom stereocenters. The maximum absolute atomic E-state index is 11.0. The quantitative estimate of drug-likeness (QED) is 0.513. The molecule has 0 saturated carbocycles. The second-order valence-electron chi connectivity index (χ2n) is 3.77. The van der Waals surface area contributed by atoms with Crippen molar-refractivity contribution in [1.82, 2.24) is 0 Å². The molecule has 1 aromatic rings. The van der Waals surface area contributed by atoms with Crippen LogP contribution in [-0.4, -0.2) is 17.7 Å². The van der Waals surface area contributed by atoms with E-state index in [1.165, 1.54) is 0 Å². The second-order valence-corrected chi connectivity index (χ2v) is 5.19. The molecule has 0 aliphatic heterocycles. The van der Waals surface area contributed by atoms with Crippen molar-refractivity contribution in [3.05, 3.63) is 34.3 Å². The molecule has 1 aromatic carbocycles. The first-order valence-electron chi connectivity index (χ1n) is 5.63. The molecular formula is C13H16Br2O2. The van der Waals surface area contributed by atoms with Gasteiger partial charge in [0.2, 0.25) is 0 Å². The van der Waals surface area contributed by atoms with Crippen molar-refractivity contribution < 1.29 is 9.53 Å². The van der Waals surface area contributed by atoms with Crippen molar-refractivity contribution in [2.45, 2.75) is 25.9 Å². The van der Waals surface area contributed by atoms with Crippen molar-refractivity contribution >= 4 is 37.6 Å². The van der Waals surface area contributed by atoms with Crippen LogP contribution in [0.25, 0.3) is 0 Å². The highest BCUT2D eigenvalue weighted by molar-refractivity contribution is 9.10. The van der Waals surface area contributed by atoms with Gasteiger partial charge in [-0.2, -0.15) is 0 Å². The largest absolute Gasteiger partial charge is 0.377 e. The fraction of sp³-hybridized carbons (Fsp3) is 0.462. The number of carbonyl (C=O) groups excluding carboxylic acids is 1. The van der Waals surface area contributed by atoms with Crippen molar-refractivity contribution in [3.8, 4) is 0 Å². The molecule has 0 spiro atoms. The minimum atomic E-state index is 0.260. The lowest BCUT2D eigenvalue weighted by Gasteiger charge is -2.05. The van der Waals surface area contributed by atoms with E-state index in [4.69, 9.17) is 4.74 Å². The summed E-state index contributed by atoms with van der Waals surface area (Å²) in [5.41, 5.74) is 1.16. The van der Waals surface area contributed by atoms with Gasteiger partial charge in [-0.05, 0) is 24.5 Å². The molecule has 17 heavy (non-hydrogen) atoms.